The molecule has 1 saturated carbocycles. The van der Waals surface area contributed by atoms with Gasteiger partial charge in [0, 0.05) is 5.69 Å². The Morgan fingerprint density at radius 2 is 2.00 bits per heavy atom. The van der Waals surface area contributed by atoms with Gasteiger partial charge in [-0.3, -0.25) is 0 Å². The van der Waals surface area contributed by atoms with Crippen molar-refractivity contribution in [2.75, 3.05) is 5.73 Å². The van der Waals surface area contributed by atoms with Crippen molar-refractivity contribution in [3.05, 3.63) is 28.2 Å². The summed E-state index contributed by atoms with van der Waals surface area (Å²) in [6.07, 6.45) is 5.57. The fourth-order valence-electron chi connectivity index (χ4n) is 2.11. The van der Waals surface area contributed by atoms with E-state index in [2.05, 4.69) is 15.9 Å². The molecule has 0 aromatic heterocycles. The first kappa shape index (κ1) is 12.4. The molecule has 0 atom stereocenters. The molecule has 1 aliphatic carbocycles. The number of benzene rings is 1. The van der Waals surface area contributed by atoms with Gasteiger partial charge >= 0.3 is 5.97 Å². The van der Waals surface area contributed by atoms with Crippen molar-refractivity contribution < 1.29 is 9.53 Å². The van der Waals surface area contributed by atoms with Crippen LogP contribution >= 0.6 is 15.9 Å². The maximum atomic E-state index is 12.0. The SMILES string of the molecule is Nc1cccc(C(=O)OC2CCCCC2)c1Br. The van der Waals surface area contributed by atoms with Crippen LogP contribution < -0.4 is 5.73 Å². The van der Waals surface area contributed by atoms with Gasteiger partial charge in [0.25, 0.3) is 0 Å². The standard InChI is InChI=1S/C13H16BrNO2/c14-12-10(7-4-8-11(12)15)13(16)17-9-5-2-1-3-6-9/h4,7-9H,1-3,5-6,15H2. The highest BCUT2D eigenvalue weighted by molar-refractivity contribution is 9.10. The third kappa shape index (κ3) is 3.00. The van der Waals surface area contributed by atoms with Crippen molar-refractivity contribution in [2.24, 2.45) is 0 Å². The highest BCUT2D eigenvalue weighted by atomic mass is 79.9. The molecule has 2 rings (SSSR count). The zero-order valence-electron chi connectivity index (χ0n) is 9.62. The van der Waals surface area contributed by atoms with Gasteiger partial charge in [0.05, 0.1) is 10.0 Å². The van der Waals surface area contributed by atoms with Crippen LogP contribution in [-0.4, -0.2) is 12.1 Å². The number of hydrogen-bond donors (Lipinski definition) is 1. The number of carbonyl (C=O) groups excluding carboxylic acids is 1. The van der Waals surface area contributed by atoms with Gasteiger partial charge in [-0.05, 0) is 53.7 Å². The quantitative estimate of drug-likeness (QED) is 0.671. The lowest BCUT2D eigenvalue weighted by atomic mass is 9.98. The molecule has 1 aromatic carbocycles. The van der Waals surface area contributed by atoms with Crippen molar-refractivity contribution in [3.8, 4) is 0 Å². The first-order valence-corrected chi connectivity index (χ1v) is 6.73. The van der Waals surface area contributed by atoms with Gasteiger partial charge in [0.2, 0.25) is 0 Å². The molecular weight excluding hydrogens is 282 g/mol. The summed E-state index contributed by atoms with van der Waals surface area (Å²) in [5.74, 6) is -0.281. The van der Waals surface area contributed by atoms with Crippen LogP contribution in [0, 0.1) is 0 Å². The normalized spacial score (nSPS) is 16.8. The van der Waals surface area contributed by atoms with Gasteiger partial charge < -0.3 is 10.5 Å². The monoisotopic (exact) mass is 297 g/mol. The molecule has 4 heteroatoms. The van der Waals surface area contributed by atoms with E-state index >= 15 is 0 Å². The Kier molecular flexibility index (Phi) is 4.05. The van der Waals surface area contributed by atoms with E-state index in [0.29, 0.717) is 15.7 Å². The molecule has 1 fully saturated rings. The number of nitrogens with two attached hydrogens (primary N) is 1. The number of ether oxygens (including phenoxy) is 1. The van der Waals surface area contributed by atoms with Crippen molar-refractivity contribution in [1.29, 1.82) is 0 Å². The Morgan fingerprint density at radius 1 is 1.29 bits per heavy atom. The van der Waals surface area contributed by atoms with Crippen molar-refractivity contribution in [1.82, 2.24) is 0 Å². The Balaban J connectivity index is 2.06. The molecule has 17 heavy (non-hydrogen) atoms. The smallest absolute Gasteiger partial charge is 0.339 e. The van der Waals surface area contributed by atoms with Gasteiger partial charge in [0.1, 0.15) is 6.10 Å². The molecule has 0 heterocycles. The predicted octanol–water partition coefficient (Wildman–Crippen LogP) is 3.52. The highest BCUT2D eigenvalue weighted by Gasteiger charge is 2.20. The summed E-state index contributed by atoms with van der Waals surface area (Å²) in [6, 6.07) is 5.24. The summed E-state index contributed by atoms with van der Waals surface area (Å²) in [6.45, 7) is 0. The Hall–Kier alpha value is -1.03. The zero-order valence-corrected chi connectivity index (χ0v) is 11.2. The van der Waals surface area contributed by atoms with Crippen LogP contribution in [0.4, 0.5) is 5.69 Å². The minimum Gasteiger partial charge on any atom is -0.459 e. The van der Waals surface area contributed by atoms with Crippen LogP contribution in [0.5, 0.6) is 0 Å². The van der Waals surface area contributed by atoms with E-state index in [1.54, 1.807) is 18.2 Å². The molecule has 1 aliphatic rings. The summed E-state index contributed by atoms with van der Waals surface area (Å²) in [5.41, 5.74) is 6.81. The number of nitrogen functional groups attached to an aromatic ring is 1. The van der Waals surface area contributed by atoms with Crippen molar-refractivity contribution in [3.63, 3.8) is 0 Å². The van der Waals surface area contributed by atoms with Gasteiger partial charge in [-0.25, -0.2) is 4.79 Å². The van der Waals surface area contributed by atoms with E-state index in [9.17, 15) is 4.79 Å². The fraction of sp³-hybridized carbons (Fsp3) is 0.462. The maximum absolute atomic E-state index is 12.0. The van der Waals surface area contributed by atoms with E-state index in [1.807, 2.05) is 0 Å². The Labute approximate surface area is 109 Å². The largest absolute Gasteiger partial charge is 0.459 e. The molecule has 0 saturated heterocycles. The van der Waals surface area contributed by atoms with Crippen LogP contribution in [0.1, 0.15) is 42.5 Å². The summed E-state index contributed by atoms with van der Waals surface area (Å²) < 4.78 is 6.11. The molecule has 0 radical (unpaired) electrons. The molecule has 0 spiro atoms. The van der Waals surface area contributed by atoms with Gasteiger partial charge in [-0.2, -0.15) is 0 Å². The van der Waals surface area contributed by atoms with E-state index in [1.165, 1.54) is 6.42 Å². The minimum absolute atomic E-state index is 0.0737. The van der Waals surface area contributed by atoms with Crippen LogP contribution in [0.3, 0.4) is 0 Å². The number of esters is 1. The average molecular weight is 298 g/mol. The molecule has 1 aromatic rings. The van der Waals surface area contributed by atoms with Crippen LogP contribution in [0.2, 0.25) is 0 Å². The van der Waals surface area contributed by atoms with E-state index in [4.69, 9.17) is 10.5 Å². The van der Waals surface area contributed by atoms with Crippen molar-refractivity contribution in [2.45, 2.75) is 38.2 Å². The first-order valence-electron chi connectivity index (χ1n) is 5.93. The molecule has 0 bridgehead atoms. The summed E-state index contributed by atoms with van der Waals surface area (Å²) in [5, 5.41) is 0. The lowest BCUT2D eigenvalue weighted by Gasteiger charge is -2.22. The second-order valence-corrected chi connectivity index (χ2v) is 5.17. The van der Waals surface area contributed by atoms with Crippen LogP contribution in [0.15, 0.2) is 22.7 Å². The maximum Gasteiger partial charge on any atom is 0.339 e. The van der Waals surface area contributed by atoms with Crippen LogP contribution in [0.25, 0.3) is 0 Å². The number of anilines is 1. The van der Waals surface area contributed by atoms with Gasteiger partial charge in [-0.1, -0.05) is 12.5 Å². The fourth-order valence-corrected chi connectivity index (χ4v) is 2.53. The average Bonchev–Trinajstić information content (AvgIpc) is 2.34. The van der Waals surface area contributed by atoms with E-state index in [0.717, 1.165) is 25.7 Å². The number of carbonyl (C=O) groups is 1. The minimum atomic E-state index is -0.281. The molecular formula is C13H16BrNO2. The van der Waals surface area contributed by atoms with E-state index in [-0.39, 0.29) is 12.1 Å². The summed E-state index contributed by atoms with van der Waals surface area (Å²) in [4.78, 5) is 12.0. The lowest BCUT2D eigenvalue weighted by Crippen LogP contribution is -2.21. The second kappa shape index (κ2) is 5.54. The number of rotatable bonds is 2. The predicted molar refractivity (Wildman–Crippen MR) is 70.8 cm³/mol. The highest BCUT2D eigenvalue weighted by Crippen LogP contribution is 2.26. The van der Waals surface area contributed by atoms with Gasteiger partial charge in [-0.15, -0.1) is 0 Å². The third-order valence-corrected chi connectivity index (χ3v) is 3.96. The lowest BCUT2D eigenvalue weighted by molar-refractivity contribution is 0.0210. The summed E-state index contributed by atoms with van der Waals surface area (Å²) >= 11 is 3.32. The molecule has 0 unspecified atom stereocenters. The third-order valence-electron chi connectivity index (χ3n) is 3.07. The van der Waals surface area contributed by atoms with Crippen LogP contribution in [-0.2, 0) is 4.74 Å². The molecule has 3 nitrogen and oxygen atoms in total. The second-order valence-electron chi connectivity index (χ2n) is 4.37. The Bertz CT molecular complexity index is 414. The molecule has 0 aliphatic heterocycles. The zero-order chi connectivity index (χ0) is 12.3. The Morgan fingerprint density at radius 3 is 2.71 bits per heavy atom. The van der Waals surface area contributed by atoms with E-state index < -0.39 is 0 Å². The summed E-state index contributed by atoms with van der Waals surface area (Å²) in [7, 11) is 0. The molecule has 2 N–H and O–H groups in total. The first-order chi connectivity index (χ1) is 8.18. The van der Waals surface area contributed by atoms with Gasteiger partial charge in [0.15, 0.2) is 0 Å². The van der Waals surface area contributed by atoms with Crippen molar-refractivity contribution >= 4 is 27.6 Å². The molecule has 0 amide bonds. The number of hydrogen-bond acceptors (Lipinski definition) is 3. The number of halogens is 1. The molecule has 92 valence electrons. The topological polar surface area (TPSA) is 52.3 Å².